The monoisotopic (exact) mass is 293 g/mol. The van der Waals surface area contributed by atoms with Gasteiger partial charge in [-0.05, 0) is 50.6 Å². The molecule has 0 saturated carbocycles. The van der Waals surface area contributed by atoms with Gasteiger partial charge in [0.2, 0.25) is 0 Å². The van der Waals surface area contributed by atoms with Gasteiger partial charge in [-0.25, -0.2) is 0 Å². The fraction of sp³-hybridized carbons (Fsp3) is 0.222. The lowest BCUT2D eigenvalue weighted by atomic mass is 10.1. The third-order valence-corrected chi connectivity index (χ3v) is 3.63. The predicted octanol–water partition coefficient (Wildman–Crippen LogP) is 3.67. The topological polar surface area (TPSA) is 57.8 Å². The van der Waals surface area contributed by atoms with Crippen LogP contribution < -0.4 is 5.32 Å². The van der Waals surface area contributed by atoms with Crippen LogP contribution in [-0.4, -0.2) is 10.5 Å². The molecule has 4 nitrogen and oxygen atoms in total. The van der Waals surface area contributed by atoms with Gasteiger partial charge in [-0.2, -0.15) is 5.26 Å². The van der Waals surface area contributed by atoms with Crippen LogP contribution in [0.4, 0.5) is 5.69 Å². The maximum Gasteiger partial charge on any atom is 0.266 e. The highest BCUT2D eigenvalue weighted by molar-refractivity contribution is 6.09. The van der Waals surface area contributed by atoms with Crippen molar-refractivity contribution in [2.24, 2.45) is 0 Å². The average molecular weight is 293 g/mol. The first-order valence-electron chi connectivity index (χ1n) is 7.21. The van der Waals surface area contributed by atoms with Crippen molar-refractivity contribution in [1.82, 2.24) is 4.57 Å². The number of hydrogen-bond acceptors (Lipinski definition) is 2. The van der Waals surface area contributed by atoms with Gasteiger partial charge in [0.1, 0.15) is 11.6 Å². The molecule has 1 aromatic carbocycles. The van der Waals surface area contributed by atoms with Crippen molar-refractivity contribution in [1.29, 1.82) is 5.26 Å². The number of anilines is 1. The van der Waals surface area contributed by atoms with E-state index in [2.05, 4.69) is 16.8 Å². The largest absolute Gasteiger partial charge is 0.349 e. The van der Waals surface area contributed by atoms with Crippen molar-refractivity contribution < 1.29 is 4.79 Å². The molecule has 0 aliphatic rings. The fourth-order valence-corrected chi connectivity index (χ4v) is 2.48. The van der Waals surface area contributed by atoms with Crippen LogP contribution in [0.3, 0.4) is 0 Å². The van der Waals surface area contributed by atoms with Crippen molar-refractivity contribution in [3.05, 3.63) is 58.9 Å². The van der Waals surface area contributed by atoms with Gasteiger partial charge < -0.3 is 9.88 Å². The van der Waals surface area contributed by atoms with Gasteiger partial charge in [-0.3, -0.25) is 4.79 Å². The number of nitriles is 1. The molecule has 0 aliphatic heterocycles. The first-order chi connectivity index (χ1) is 10.6. The highest BCUT2D eigenvalue weighted by atomic mass is 16.1. The van der Waals surface area contributed by atoms with E-state index in [0.29, 0.717) is 5.69 Å². The Morgan fingerprint density at radius 3 is 2.55 bits per heavy atom. The molecule has 0 unspecified atom stereocenters. The molecule has 2 aromatic rings. The smallest absolute Gasteiger partial charge is 0.266 e. The lowest BCUT2D eigenvalue weighted by Crippen LogP contribution is -2.13. The van der Waals surface area contributed by atoms with Crippen molar-refractivity contribution in [3.63, 3.8) is 0 Å². The number of nitrogens with one attached hydrogen (secondary N) is 1. The molecule has 0 spiro atoms. The van der Waals surface area contributed by atoms with Crippen LogP contribution in [0.1, 0.15) is 23.9 Å². The lowest BCUT2D eigenvalue weighted by Gasteiger charge is -2.05. The number of aromatic nitrogens is 1. The molecule has 1 amide bonds. The van der Waals surface area contributed by atoms with E-state index in [1.807, 2.05) is 44.2 Å². The van der Waals surface area contributed by atoms with Crippen molar-refractivity contribution in [3.8, 4) is 6.07 Å². The Balaban J connectivity index is 2.28. The van der Waals surface area contributed by atoms with Crippen molar-refractivity contribution >= 4 is 17.7 Å². The standard InChI is InChI=1S/C18H19N3O/c1-4-21-13(2)10-15(14(21)3)11-16(12-19)18(22)20-17-8-6-5-7-9-17/h5-11H,4H2,1-3H3,(H,20,22)/b16-11-. The molecule has 112 valence electrons. The molecule has 0 aliphatic carbocycles. The van der Waals surface area contributed by atoms with Gasteiger partial charge >= 0.3 is 0 Å². The van der Waals surface area contributed by atoms with Crippen LogP contribution in [0.5, 0.6) is 0 Å². The van der Waals surface area contributed by atoms with E-state index < -0.39 is 5.91 Å². The number of benzene rings is 1. The van der Waals surface area contributed by atoms with Gasteiger partial charge in [-0.1, -0.05) is 18.2 Å². The van der Waals surface area contributed by atoms with Gasteiger partial charge in [0, 0.05) is 23.6 Å². The van der Waals surface area contributed by atoms with Crippen LogP contribution >= 0.6 is 0 Å². The molecule has 0 radical (unpaired) electrons. The van der Waals surface area contributed by atoms with Crippen LogP contribution in [0.25, 0.3) is 6.08 Å². The SMILES string of the molecule is CCn1c(C)cc(/C=C(/C#N)C(=O)Nc2ccccc2)c1C. The summed E-state index contributed by atoms with van der Waals surface area (Å²) in [6.45, 7) is 6.95. The molecule has 1 aromatic heterocycles. The van der Waals surface area contributed by atoms with Crippen molar-refractivity contribution in [2.45, 2.75) is 27.3 Å². The summed E-state index contributed by atoms with van der Waals surface area (Å²) in [5, 5.41) is 12.0. The summed E-state index contributed by atoms with van der Waals surface area (Å²) in [7, 11) is 0. The zero-order valence-corrected chi connectivity index (χ0v) is 13.1. The number of aryl methyl sites for hydroxylation is 1. The fourth-order valence-electron chi connectivity index (χ4n) is 2.48. The molecule has 4 heteroatoms. The average Bonchev–Trinajstić information content (AvgIpc) is 2.79. The summed E-state index contributed by atoms with van der Waals surface area (Å²) < 4.78 is 2.15. The third kappa shape index (κ3) is 3.26. The Morgan fingerprint density at radius 1 is 1.32 bits per heavy atom. The van der Waals surface area contributed by atoms with Crippen LogP contribution in [0.15, 0.2) is 42.0 Å². The maximum atomic E-state index is 12.2. The normalized spacial score (nSPS) is 11.1. The second kappa shape index (κ2) is 6.77. The molecular formula is C18H19N3O. The van der Waals surface area contributed by atoms with Gasteiger partial charge in [0.25, 0.3) is 5.91 Å². The van der Waals surface area contributed by atoms with Crippen LogP contribution in [-0.2, 0) is 11.3 Å². The molecule has 0 fully saturated rings. The second-order valence-electron chi connectivity index (χ2n) is 5.06. The van der Waals surface area contributed by atoms with E-state index in [1.165, 1.54) is 0 Å². The number of rotatable bonds is 4. The van der Waals surface area contributed by atoms with E-state index in [9.17, 15) is 10.1 Å². The Bertz CT molecular complexity index is 749. The summed E-state index contributed by atoms with van der Waals surface area (Å²) in [4.78, 5) is 12.2. The predicted molar refractivity (Wildman–Crippen MR) is 88.2 cm³/mol. The quantitative estimate of drug-likeness (QED) is 0.690. The van der Waals surface area contributed by atoms with Crippen LogP contribution in [0.2, 0.25) is 0 Å². The number of carbonyl (C=O) groups is 1. The minimum Gasteiger partial charge on any atom is -0.349 e. The zero-order chi connectivity index (χ0) is 16.1. The van der Waals surface area contributed by atoms with E-state index in [0.717, 1.165) is 23.5 Å². The van der Waals surface area contributed by atoms with Crippen molar-refractivity contribution in [2.75, 3.05) is 5.32 Å². The molecule has 0 bridgehead atoms. The minimum absolute atomic E-state index is 0.0974. The van der Waals surface area contributed by atoms with E-state index >= 15 is 0 Å². The summed E-state index contributed by atoms with van der Waals surface area (Å²) >= 11 is 0. The zero-order valence-electron chi connectivity index (χ0n) is 13.1. The van der Waals surface area contributed by atoms with Gasteiger partial charge in [-0.15, -0.1) is 0 Å². The van der Waals surface area contributed by atoms with Gasteiger partial charge in [0.15, 0.2) is 0 Å². The van der Waals surface area contributed by atoms with E-state index in [4.69, 9.17) is 0 Å². The van der Waals surface area contributed by atoms with E-state index in [1.54, 1.807) is 18.2 Å². The molecular weight excluding hydrogens is 274 g/mol. The number of carbonyl (C=O) groups excluding carboxylic acids is 1. The molecule has 0 atom stereocenters. The Kier molecular flexibility index (Phi) is 4.80. The molecule has 22 heavy (non-hydrogen) atoms. The number of hydrogen-bond donors (Lipinski definition) is 1. The number of amides is 1. The Hall–Kier alpha value is -2.80. The minimum atomic E-state index is -0.394. The van der Waals surface area contributed by atoms with E-state index in [-0.39, 0.29) is 5.57 Å². The second-order valence-corrected chi connectivity index (χ2v) is 5.06. The lowest BCUT2D eigenvalue weighted by molar-refractivity contribution is -0.112. The van der Waals surface area contributed by atoms with Crippen LogP contribution in [0, 0.1) is 25.2 Å². The Morgan fingerprint density at radius 2 is 2.00 bits per heavy atom. The molecule has 2 rings (SSSR count). The molecule has 1 heterocycles. The first-order valence-corrected chi connectivity index (χ1v) is 7.21. The summed E-state index contributed by atoms with van der Waals surface area (Å²) in [5.74, 6) is -0.394. The first kappa shape index (κ1) is 15.6. The summed E-state index contributed by atoms with van der Waals surface area (Å²) in [5.41, 5.74) is 3.85. The number of para-hydroxylation sites is 1. The summed E-state index contributed by atoms with van der Waals surface area (Å²) in [6, 6.07) is 13.1. The molecule has 0 saturated heterocycles. The maximum absolute atomic E-state index is 12.2. The van der Waals surface area contributed by atoms with Gasteiger partial charge in [0.05, 0.1) is 0 Å². The Labute approximate surface area is 130 Å². The number of nitrogens with zero attached hydrogens (tertiary/aromatic N) is 2. The third-order valence-electron chi connectivity index (χ3n) is 3.63. The molecule has 1 N–H and O–H groups in total. The summed E-state index contributed by atoms with van der Waals surface area (Å²) in [6.07, 6.45) is 1.65. The highest BCUT2D eigenvalue weighted by Crippen LogP contribution is 2.18. The highest BCUT2D eigenvalue weighted by Gasteiger charge is 2.12.